The van der Waals surface area contributed by atoms with Gasteiger partial charge in [0.1, 0.15) is 0 Å². The Morgan fingerprint density at radius 1 is 1.29 bits per heavy atom. The molecule has 0 saturated carbocycles. The van der Waals surface area contributed by atoms with Gasteiger partial charge in [-0.05, 0) is 17.5 Å². The van der Waals surface area contributed by atoms with Gasteiger partial charge < -0.3 is 16.4 Å². The van der Waals surface area contributed by atoms with Crippen LogP contribution in [-0.2, 0) is 13.1 Å². The number of hydrogen-bond donors (Lipinski definition) is 3. The lowest BCUT2D eigenvalue weighted by Gasteiger charge is -2.08. The number of amides is 2. The number of urea groups is 1. The van der Waals surface area contributed by atoms with Crippen LogP contribution < -0.4 is 16.4 Å². The summed E-state index contributed by atoms with van der Waals surface area (Å²) in [5, 5.41) is 5.63. The number of nitrogens with two attached hydrogens (primary N) is 1. The minimum absolute atomic E-state index is 0.114. The SMILES string of the molecule is CCCCNC(=O)NCc1cccc(CN)c1. The average Bonchev–Trinajstić information content (AvgIpc) is 2.37. The Bertz CT molecular complexity index is 352. The Morgan fingerprint density at radius 3 is 2.76 bits per heavy atom. The zero-order valence-electron chi connectivity index (χ0n) is 10.3. The number of carbonyl (C=O) groups is 1. The maximum atomic E-state index is 11.4. The van der Waals surface area contributed by atoms with Gasteiger partial charge in [0, 0.05) is 19.6 Å². The third-order valence-electron chi connectivity index (χ3n) is 2.50. The Labute approximate surface area is 103 Å². The van der Waals surface area contributed by atoms with Crippen LogP contribution in [0.3, 0.4) is 0 Å². The van der Waals surface area contributed by atoms with Gasteiger partial charge in [0.25, 0.3) is 0 Å². The van der Waals surface area contributed by atoms with Crippen molar-refractivity contribution in [1.82, 2.24) is 10.6 Å². The van der Waals surface area contributed by atoms with Crippen molar-refractivity contribution in [2.45, 2.75) is 32.9 Å². The molecule has 2 amide bonds. The maximum absolute atomic E-state index is 11.4. The van der Waals surface area contributed by atoms with E-state index in [1.54, 1.807) is 0 Å². The molecule has 0 aliphatic heterocycles. The number of unbranched alkanes of at least 4 members (excludes halogenated alkanes) is 1. The summed E-state index contributed by atoms with van der Waals surface area (Å²) in [6.45, 7) is 3.88. The number of rotatable bonds is 6. The van der Waals surface area contributed by atoms with Gasteiger partial charge in [-0.2, -0.15) is 0 Å². The molecule has 1 aromatic carbocycles. The summed E-state index contributed by atoms with van der Waals surface area (Å²) in [4.78, 5) is 11.4. The van der Waals surface area contributed by atoms with E-state index in [-0.39, 0.29) is 6.03 Å². The highest BCUT2D eigenvalue weighted by molar-refractivity contribution is 5.73. The molecule has 0 bridgehead atoms. The number of nitrogens with one attached hydrogen (secondary N) is 2. The second kappa shape index (κ2) is 7.68. The summed E-state index contributed by atoms with van der Waals surface area (Å²) < 4.78 is 0. The summed E-state index contributed by atoms with van der Waals surface area (Å²) in [7, 11) is 0. The third-order valence-corrected chi connectivity index (χ3v) is 2.50. The van der Waals surface area contributed by atoms with E-state index in [0.29, 0.717) is 13.1 Å². The van der Waals surface area contributed by atoms with Gasteiger partial charge in [0.2, 0.25) is 0 Å². The van der Waals surface area contributed by atoms with Crippen LogP contribution in [-0.4, -0.2) is 12.6 Å². The highest BCUT2D eigenvalue weighted by atomic mass is 16.2. The standard InChI is InChI=1S/C13H21N3O/c1-2-3-7-15-13(17)16-10-12-6-4-5-11(8-12)9-14/h4-6,8H,2-3,7,9-10,14H2,1H3,(H2,15,16,17). The molecule has 0 aromatic heterocycles. The summed E-state index contributed by atoms with van der Waals surface area (Å²) in [6, 6.07) is 7.80. The van der Waals surface area contributed by atoms with Gasteiger partial charge in [0.05, 0.1) is 0 Å². The third kappa shape index (κ3) is 5.36. The molecule has 0 fully saturated rings. The molecule has 4 nitrogen and oxygen atoms in total. The average molecular weight is 235 g/mol. The molecule has 4 N–H and O–H groups in total. The number of carbonyl (C=O) groups excluding carboxylic acids is 1. The minimum atomic E-state index is -0.114. The molecule has 0 heterocycles. The maximum Gasteiger partial charge on any atom is 0.315 e. The lowest BCUT2D eigenvalue weighted by Crippen LogP contribution is -2.35. The fraction of sp³-hybridized carbons (Fsp3) is 0.462. The summed E-state index contributed by atoms with van der Waals surface area (Å²) >= 11 is 0. The number of benzene rings is 1. The quantitative estimate of drug-likeness (QED) is 0.657. The lowest BCUT2D eigenvalue weighted by atomic mass is 10.1. The molecule has 1 rings (SSSR count). The molecule has 94 valence electrons. The lowest BCUT2D eigenvalue weighted by molar-refractivity contribution is 0.240. The van der Waals surface area contributed by atoms with Crippen molar-refractivity contribution in [1.29, 1.82) is 0 Å². The van der Waals surface area contributed by atoms with Crippen molar-refractivity contribution in [3.8, 4) is 0 Å². The highest BCUT2D eigenvalue weighted by Gasteiger charge is 1.99. The van der Waals surface area contributed by atoms with E-state index in [1.165, 1.54) is 0 Å². The molecule has 17 heavy (non-hydrogen) atoms. The molecule has 0 aliphatic rings. The Morgan fingerprint density at radius 2 is 2.06 bits per heavy atom. The van der Waals surface area contributed by atoms with E-state index in [4.69, 9.17) is 5.73 Å². The van der Waals surface area contributed by atoms with Crippen LogP contribution >= 0.6 is 0 Å². The normalized spacial score (nSPS) is 10.0. The molecule has 0 saturated heterocycles. The van der Waals surface area contributed by atoms with Crippen molar-refractivity contribution >= 4 is 6.03 Å². The zero-order valence-corrected chi connectivity index (χ0v) is 10.3. The van der Waals surface area contributed by atoms with Gasteiger partial charge >= 0.3 is 6.03 Å². The topological polar surface area (TPSA) is 67.2 Å². The van der Waals surface area contributed by atoms with Gasteiger partial charge in [0.15, 0.2) is 0 Å². The van der Waals surface area contributed by atoms with Crippen molar-refractivity contribution in [2.24, 2.45) is 5.73 Å². The first-order valence-corrected chi connectivity index (χ1v) is 6.06. The summed E-state index contributed by atoms with van der Waals surface area (Å²) in [5.41, 5.74) is 7.70. The fourth-order valence-corrected chi connectivity index (χ4v) is 1.49. The first-order valence-electron chi connectivity index (χ1n) is 6.06. The van der Waals surface area contributed by atoms with E-state index >= 15 is 0 Å². The van der Waals surface area contributed by atoms with Crippen LogP contribution in [0, 0.1) is 0 Å². The molecule has 0 unspecified atom stereocenters. The molecule has 1 aromatic rings. The summed E-state index contributed by atoms with van der Waals surface area (Å²) in [5.74, 6) is 0. The predicted molar refractivity (Wildman–Crippen MR) is 69.5 cm³/mol. The first kappa shape index (κ1) is 13.5. The van der Waals surface area contributed by atoms with E-state index in [2.05, 4.69) is 17.6 Å². The van der Waals surface area contributed by atoms with Crippen LogP contribution in [0.4, 0.5) is 4.79 Å². The largest absolute Gasteiger partial charge is 0.338 e. The van der Waals surface area contributed by atoms with Crippen LogP contribution in [0.2, 0.25) is 0 Å². The van der Waals surface area contributed by atoms with Gasteiger partial charge in [-0.25, -0.2) is 4.79 Å². The van der Waals surface area contributed by atoms with Crippen molar-refractivity contribution in [3.05, 3.63) is 35.4 Å². The highest BCUT2D eigenvalue weighted by Crippen LogP contribution is 2.03. The Hall–Kier alpha value is -1.55. The van der Waals surface area contributed by atoms with Crippen LogP contribution in [0.15, 0.2) is 24.3 Å². The van der Waals surface area contributed by atoms with Crippen molar-refractivity contribution in [2.75, 3.05) is 6.54 Å². The van der Waals surface area contributed by atoms with Gasteiger partial charge in [-0.1, -0.05) is 37.6 Å². The van der Waals surface area contributed by atoms with Gasteiger partial charge in [-0.15, -0.1) is 0 Å². The van der Waals surface area contributed by atoms with E-state index < -0.39 is 0 Å². The molecule has 0 atom stereocenters. The fourth-order valence-electron chi connectivity index (χ4n) is 1.49. The minimum Gasteiger partial charge on any atom is -0.338 e. The van der Waals surface area contributed by atoms with Crippen LogP contribution in [0.1, 0.15) is 30.9 Å². The second-order valence-corrected chi connectivity index (χ2v) is 3.99. The number of hydrogen-bond acceptors (Lipinski definition) is 2. The molecule has 4 heteroatoms. The molecular formula is C13H21N3O. The van der Waals surface area contributed by atoms with E-state index in [9.17, 15) is 4.79 Å². The summed E-state index contributed by atoms with van der Waals surface area (Å²) in [6.07, 6.45) is 2.09. The monoisotopic (exact) mass is 235 g/mol. The molecule has 0 spiro atoms. The second-order valence-electron chi connectivity index (χ2n) is 3.99. The van der Waals surface area contributed by atoms with Crippen molar-refractivity contribution < 1.29 is 4.79 Å². The van der Waals surface area contributed by atoms with Crippen LogP contribution in [0.5, 0.6) is 0 Å². The molecule has 0 radical (unpaired) electrons. The Kier molecular flexibility index (Phi) is 6.10. The predicted octanol–water partition coefficient (Wildman–Crippen LogP) is 1.74. The van der Waals surface area contributed by atoms with E-state index in [1.807, 2.05) is 24.3 Å². The van der Waals surface area contributed by atoms with E-state index in [0.717, 1.165) is 30.5 Å². The molecule has 0 aliphatic carbocycles. The first-order chi connectivity index (χ1) is 8.26. The van der Waals surface area contributed by atoms with Gasteiger partial charge in [-0.3, -0.25) is 0 Å². The van der Waals surface area contributed by atoms with Crippen molar-refractivity contribution in [3.63, 3.8) is 0 Å². The molecular weight excluding hydrogens is 214 g/mol. The smallest absolute Gasteiger partial charge is 0.315 e. The zero-order chi connectivity index (χ0) is 12.5. The Balaban J connectivity index is 2.31. The van der Waals surface area contributed by atoms with Crippen LogP contribution in [0.25, 0.3) is 0 Å².